The molecule has 0 aromatic carbocycles. The molecule has 0 bridgehead atoms. The van der Waals surface area contributed by atoms with Gasteiger partial charge in [0.05, 0.1) is 11.7 Å². The summed E-state index contributed by atoms with van der Waals surface area (Å²) >= 11 is 0. The minimum Gasteiger partial charge on any atom is -0.329 e. The molecule has 1 aliphatic rings. The van der Waals surface area contributed by atoms with Crippen molar-refractivity contribution in [2.24, 2.45) is 12.8 Å². The first-order valence-electron chi connectivity index (χ1n) is 5.67. The highest BCUT2D eigenvalue weighted by Gasteiger charge is 2.27. The number of likely N-dealkylation sites (tertiary alicyclic amines) is 1. The Hall–Kier alpha value is -0.870. The van der Waals surface area contributed by atoms with Crippen LogP contribution < -0.4 is 5.73 Å². The Balaban J connectivity index is 2.15. The van der Waals surface area contributed by atoms with Crippen LogP contribution in [-0.2, 0) is 7.05 Å². The van der Waals surface area contributed by atoms with E-state index in [1.807, 2.05) is 11.7 Å². The molecule has 15 heavy (non-hydrogen) atoms. The second-order valence-electron chi connectivity index (χ2n) is 4.32. The van der Waals surface area contributed by atoms with Gasteiger partial charge in [-0.25, -0.2) is 0 Å². The molecule has 2 heterocycles. The summed E-state index contributed by atoms with van der Waals surface area (Å²) in [6.07, 6.45) is 2.48. The molecular weight excluding hydrogens is 188 g/mol. The fourth-order valence-electron chi connectivity index (χ4n) is 2.35. The zero-order valence-electron chi connectivity index (χ0n) is 9.61. The lowest BCUT2D eigenvalue weighted by molar-refractivity contribution is 0.259. The number of aromatic nitrogens is 2. The Morgan fingerprint density at radius 3 is 3.00 bits per heavy atom. The normalized spacial score (nSPS) is 22.5. The first-order valence-corrected chi connectivity index (χ1v) is 5.67. The minimum absolute atomic E-state index is 0.494. The van der Waals surface area contributed by atoms with E-state index >= 15 is 0 Å². The summed E-state index contributed by atoms with van der Waals surface area (Å²) in [5.41, 5.74) is 8.05. The standard InChI is InChI=1S/C11H20N4/c1-9-8-10(13-14(9)2)11-4-3-6-15(11)7-5-12/h8,11H,3-7,12H2,1-2H3/t11-/m0/s1. The lowest BCUT2D eigenvalue weighted by atomic mass is 10.1. The Kier molecular flexibility index (Phi) is 3.07. The number of hydrogen-bond acceptors (Lipinski definition) is 3. The summed E-state index contributed by atoms with van der Waals surface area (Å²) in [4.78, 5) is 2.45. The van der Waals surface area contributed by atoms with Crippen LogP contribution in [0.25, 0.3) is 0 Å². The van der Waals surface area contributed by atoms with Gasteiger partial charge >= 0.3 is 0 Å². The molecular formula is C11H20N4. The number of hydrogen-bond donors (Lipinski definition) is 1. The Morgan fingerprint density at radius 1 is 1.60 bits per heavy atom. The molecule has 4 heteroatoms. The predicted molar refractivity (Wildman–Crippen MR) is 60.5 cm³/mol. The maximum atomic E-state index is 5.62. The third kappa shape index (κ3) is 2.06. The van der Waals surface area contributed by atoms with E-state index in [-0.39, 0.29) is 0 Å². The summed E-state index contributed by atoms with van der Waals surface area (Å²) in [6, 6.07) is 2.69. The SMILES string of the molecule is Cc1cc([C@@H]2CCCN2CCN)nn1C. The Morgan fingerprint density at radius 2 is 2.40 bits per heavy atom. The lowest BCUT2D eigenvalue weighted by Gasteiger charge is -2.21. The summed E-state index contributed by atoms with van der Waals surface area (Å²) in [5.74, 6) is 0. The van der Waals surface area contributed by atoms with Crippen LogP contribution in [0.1, 0.15) is 30.3 Å². The maximum absolute atomic E-state index is 5.62. The van der Waals surface area contributed by atoms with E-state index in [0.717, 1.165) is 19.6 Å². The molecule has 0 radical (unpaired) electrons. The van der Waals surface area contributed by atoms with E-state index in [2.05, 4.69) is 23.0 Å². The molecule has 2 N–H and O–H groups in total. The van der Waals surface area contributed by atoms with Gasteiger partial charge < -0.3 is 5.73 Å². The van der Waals surface area contributed by atoms with Crippen LogP contribution in [0.2, 0.25) is 0 Å². The van der Waals surface area contributed by atoms with Gasteiger partial charge in [-0.1, -0.05) is 0 Å². The molecule has 84 valence electrons. The smallest absolute Gasteiger partial charge is 0.0798 e. The molecule has 0 spiro atoms. The fourth-order valence-corrected chi connectivity index (χ4v) is 2.35. The molecule has 1 aliphatic heterocycles. The van der Waals surface area contributed by atoms with Crippen molar-refractivity contribution < 1.29 is 0 Å². The highest BCUT2D eigenvalue weighted by atomic mass is 15.3. The van der Waals surface area contributed by atoms with Gasteiger partial charge in [0, 0.05) is 25.8 Å². The van der Waals surface area contributed by atoms with Crippen LogP contribution >= 0.6 is 0 Å². The fraction of sp³-hybridized carbons (Fsp3) is 0.727. The summed E-state index contributed by atoms with van der Waals surface area (Å²) < 4.78 is 1.95. The van der Waals surface area contributed by atoms with Crippen LogP contribution in [0.4, 0.5) is 0 Å². The van der Waals surface area contributed by atoms with E-state index in [1.165, 1.54) is 24.2 Å². The third-order valence-corrected chi connectivity index (χ3v) is 3.25. The van der Waals surface area contributed by atoms with Gasteiger partial charge in [-0.2, -0.15) is 5.10 Å². The van der Waals surface area contributed by atoms with Crippen LogP contribution in [0.5, 0.6) is 0 Å². The van der Waals surface area contributed by atoms with Crippen molar-refractivity contribution >= 4 is 0 Å². The van der Waals surface area contributed by atoms with Gasteiger partial charge in [-0.3, -0.25) is 9.58 Å². The van der Waals surface area contributed by atoms with Crippen LogP contribution in [0.3, 0.4) is 0 Å². The zero-order valence-corrected chi connectivity index (χ0v) is 9.61. The average molecular weight is 208 g/mol. The van der Waals surface area contributed by atoms with Crippen molar-refractivity contribution in [1.82, 2.24) is 14.7 Å². The van der Waals surface area contributed by atoms with Crippen LogP contribution in [0.15, 0.2) is 6.07 Å². The van der Waals surface area contributed by atoms with E-state index in [9.17, 15) is 0 Å². The van der Waals surface area contributed by atoms with Crippen molar-refractivity contribution in [2.75, 3.05) is 19.6 Å². The summed E-state index contributed by atoms with van der Waals surface area (Å²) in [6.45, 7) is 4.98. The minimum atomic E-state index is 0.494. The predicted octanol–water partition coefficient (Wildman–Crippen LogP) is 0.824. The molecule has 1 aromatic rings. The molecule has 0 saturated carbocycles. The van der Waals surface area contributed by atoms with E-state index in [4.69, 9.17) is 5.73 Å². The van der Waals surface area contributed by atoms with Crippen molar-refractivity contribution in [2.45, 2.75) is 25.8 Å². The molecule has 1 aromatic heterocycles. The molecule has 0 unspecified atom stereocenters. The molecule has 1 saturated heterocycles. The zero-order chi connectivity index (χ0) is 10.8. The second-order valence-corrected chi connectivity index (χ2v) is 4.32. The van der Waals surface area contributed by atoms with Crippen molar-refractivity contribution in [1.29, 1.82) is 0 Å². The largest absolute Gasteiger partial charge is 0.329 e. The van der Waals surface area contributed by atoms with Gasteiger partial charge in [0.15, 0.2) is 0 Å². The van der Waals surface area contributed by atoms with Gasteiger partial charge in [-0.15, -0.1) is 0 Å². The number of rotatable bonds is 3. The summed E-state index contributed by atoms with van der Waals surface area (Å²) in [5, 5.41) is 4.56. The first kappa shape index (κ1) is 10.6. The number of nitrogens with zero attached hydrogens (tertiary/aromatic N) is 3. The third-order valence-electron chi connectivity index (χ3n) is 3.25. The molecule has 4 nitrogen and oxygen atoms in total. The second kappa shape index (κ2) is 4.33. The van der Waals surface area contributed by atoms with Crippen molar-refractivity contribution in [3.05, 3.63) is 17.5 Å². The van der Waals surface area contributed by atoms with E-state index < -0.39 is 0 Å². The highest BCUT2D eigenvalue weighted by molar-refractivity contribution is 5.14. The quantitative estimate of drug-likeness (QED) is 0.800. The molecule has 0 aliphatic carbocycles. The average Bonchev–Trinajstić information content (AvgIpc) is 2.76. The molecule has 1 atom stereocenters. The van der Waals surface area contributed by atoms with Crippen molar-refractivity contribution in [3.8, 4) is 0 Å². The Bertz CT molecular complexity index is 312. The summed E-state index contributed by atoms with van der Waals surface area (Å²) in [7, 11) is 2.00. The number of nitrogens with two attached hydrogens (primary N) is 1. The molecule has 2 rings (SSSR count). The number of aryl methyl sites for hydroxylation is 2. The van der Waals surface area contributed by atoms with E-state index in [1.54, 1.807) is 0 Å². The van der Waals surface area contributed by atoms with E-state index in [0.29, 0.717) is 6.04 Å². The van der Waals surface area contributed by atoms with Gasteiger partial charge in [-0.05, 0) is 32.4 Å². The van der Waals surface area contributed by atoms with Gasteiger partial charge in [0.1, 0.15) is 0 Å². The first-order chi connectivity index (χ1) is 7.22. The topological polar surface area (TPSA) is 47.1 Å². The van der Waals surface area contributed by atoms with Crippen LogP contribution in [-0.4, -0.2) is 34.3 Å². The lowest BCUT2D eigenvalue weighted by Crippen LogP contribution is -2.29. The molecule has 0 amide bonds. The highest BCUT2D eigenvalue weighted by Crippen LogP contribution is 2.30. The van der Waals surface area contributed by atoms with Gasteiger partial charge in [0.2, 0.25) is 0 Å². The molecule has 1 fully saturated rings. The van der Waals surface area contributed by atoms with Crippen LogP contribution in [0, 0.1) is 6.92 Å². The maximum Gasteiger partial charge on any atom is 0.0798 e. The van der Waals surface area contributed by atoms with Crippen molar-refractivity contribution in [3.63, 3.8) is 0 Å². The Labute approximate surface area is 91.1 Å². The monoisotopic (exact) mass is 208 g/mol. The van der Waals surface area contributed by atoms with Gasteiger partial charge in [0.25, 0.3) is 0 Å².